The number of benzene rings is 3. The third kappa shape index (κ3) is 6.53. The van der Waals surface area contributed by atoms with Gasteiger partial charge in [0.2, 0.25) is 5.88 Å². The van der Waals surface area contributed by atoms with Gasteiger partial charge >= 0.3 is 5.97 Å². The van der Waals surface area contributed by atoms with Crippen LogP contribution in [0.3, 0.4) is 0 Å². The minimum absolute atomic E-state index is 0.0647. The lowest BCUT2D eigenvalue weighted by molar-refractivity contribution is 0.0696. The Balaban J connectivity index is 1.25. The Bertz CT molecular complexity index is 2100. The van der Waals surface area contributed by atoms with Gasteiger partial charge in [-0.3, -0.25) is 0 Å². The molecule has 0 unspecified atom stereocenters. The quantitative estimate of drug-likeness (QED) is 0.167. The summed E-state index contributed by atoms with van der Waals surface area (Å²) in [5.74, 6) is -4.01. The molecule has 6 aromatic rings. The minimum atomic E-state index is -1.32. The van der Waals surface area contributed by atoms with E-state index in [4.69, 9.17) is 9.47 Å². The number of carbonyl (C=O) groups is 1. The predicted octanol–water partition coefficient (Wildman–Crippen LogP) is 6.14. The van der Waals surface area contributed by atoms with Gasteiger partial charge in [0.05, 0.1) is 47.5 Å². The molecule has 0 aliphatic rings. The Morgan fingerprint density at radius 1 is 0.936 bits per heavy atom. The predicted molar refractivity (Wildman–Crippen MR) is 161 cm³/mol. The topological polar surface area (TPSA) is 117 Å². The van der Waals surface area contributed by atoms with Crippen LogP contribution < -0.4 is 4.74 Å². The van der Waals surface area contributed by atoms with E-state index in [2.05, 4.69) is 20.3 Å². The Hall–Kier alpha value is -5.63. The van der Waals surface area contributed by atoms with Crippen molar-refractivity contribution in [3.63, 3.8) is 0 Å². The summed E-state index contributed by atoms with van der Waals surface area (Å²) in [6.07, 6.45) is 2.43. The normalized spacial score (nSPS) is 12.0. The van der Waals surface area contributed by atoms with Crippen molar-refractivity contribution >= 4 is 17.0 Å². The second-order valence-corrected chi connectivity index (χ2v) is 10.7. The second kappa shape index (κ2) is 13.0. The minimum Gasteiger partial charge on any atom is -0.478 e. The number of fused-ring (bicyclic) bond motifs is 1. The molecule has 0 saturated carbocycles. The average Bonchev–Trinajstić information content (AvgIpc) is 3.71. The summed E-state index contributed by atoms with van der Waals surface area (Å²) in [4.78, 5) is 20.2. The number of pyridine rings is 1. The fourth-order valence-electron chi connectivity index (χ4n) is 5.05. The molecule has 1 atom stereocenters. The summed E-state index contributed by atoms with van der Waals surface area (Å²) in [7, 11) is 1.48. The number of hydrogen-bond acceptors (Lipinski definition) is 7. The first kappa shape index (κ1) is 31.4. The summed E-state index contributed by atoms with van der Waals surface area (Å²) in [5.41, 5.74) is 0.404. The molecule has 0 aliphatic heterocycles. The molecule has 0 radical (unpaired) electrons. The van der Waals surface area contributed by atoms with Crippen molar-refractivity contribution in [3.8, 4) is 22.8 Å². The van der Waals surface area contributed by atoms with E-state index in [0.29, 0.717) is 5.69 Å². The number of hydrogen-bond donors (Lipinski definition) is 1. The van der Waals surface area contributed by atoms with Crippen LogP contribution in [0.15, 0.2) is 73.1 Å². The second-order valence-electron chi connectivity index (χ2n) is 10.7. The van der Waals surface area contributed by atoms with Crippen LogP contribution in [0.1, 0.15) is 34.2 Å². The molecule has 10 nitrogen and oxygen atoms in total. The van der Waals surface area contributed by atoms with Crippen LogP contribution in [0.2, 0.25) is 0 Å². The number of carboxylic acid groups (broad SMARTS) is 1. The first-order valence-corrected chi connectivity index (χ1v) is 14.3. The zero-order chi connectivity index (χ0) is 33.2. The van der Waals surface area contributed by atoms with Crippen LogP contribution in [0.4, 0.5) is 17.6 Å². The first-order chi connectivity index (χ1) is 22.6. The van der Waals surface area contributed by atoms with Gasteiger partial charge in [0.1, 0.15) is 35.4 Å². The maximum atomic E-state index is 15.5. The molecule has 0 saturated heterocycles. The van der Waals surface area contributed by atoms with Crippen LogP contribution in [0, 0.1) is 23.3 Å². The fraction of sp³-hybridized carbons (Fsp3) is 0.182. The molecule has 3 aromatic heterocycles. The van der Waals surface area contributed by atoms with Crippen LogP contribution in [0.5, 0.6) is 5.88 Å². The fourth-order valence-corrected chi connectivity index (χ4v) is 5.05. The van der Waals surface area contributed by atoms with Crippen molar-refractivity contribution in [1.82, 2.24) is 29.5 Å². The van der Waals surface area contributed by atoms with Crippen LogP contribution in [0.25, 0.3) is 28.0 Å². The monoisotopic (exact) mass is 646 g/mol. The van der Waals surface area contributed by atoms with Gasteiger partial charge in [-0.15, -0.1) is 5.10 Å². The third-order valence-corrected chi connectivity index (χ3v) is 7.56. The maximum Gasteiger partial charge on any atom is 0.335 e. The summed E-state index contributed by atoms with van der Waals surface area (Å²) in [5, 5.41) is 16.9. The lowest BCUT2D eigenvalue weighted by Crippen LogP contribution is -2.17. The van der Waals surface area contributed by atoms with Gasteiger partial charge in [0.15, 0.2) is 5.82 Å². The molecule has 240 valence electrons. The van der Waals surface area contributed by atoms with Gasteiger partial charge in [-0.05, 0) is 48.9 Å². The number of halogens is 4. The standard InChI is InChI=1S/C33H26F4N6O4/c1-18(46-2)16-42-29-12-21(33(44)45)11-27(37)32(29)40-30(42)13-20-10-26(36)23(15-25(20)35)28-4-3-5-31(39-28)47-17-19-6-7-22(14-24(19)34)43-9-8-38-41-43/h3-12,14-15,18H,13,16-17H2,1-2H3,(H,44,45)/t18-/m1/s1. The smallest absolute Gasteiger partial charge is 0.335 e. The summed E-state index contributed by atoms with van der Waals surface area (Å²) in [6.45, 7) is 1.73. The van der Waals surface area contributed by atoms with Crippen LogP contribution in [-0.4, -0.2) is 53.8 Å². The Kier molecular flexibility index (Phi) is 8.68. The largest absolute Gasteiger partial charge is 0.478 e. The Labute approximate surface area is 264 Å². The molecule has 0 fully saturated rings. The molecule has 3 aromatic carbocycles. The summed E-state index contributed by atoms with van der Waals surface area (Å²) < 4.78 is 74.6. The van der Waals surface area contributed by atoms with E-state index in [9.17, 15) is 18.7 Å². The Morgan fingerprint density at radius 3 is 2.47 bits per heavy atom. The number of aromatic carboxylic acids is 1. The lowest BCUT2D eigenvalue weighted by Gasteiger charge is -2.15. The van der Waals surface area contributed by atoms with Gasteiger partial charge in [-0.1, -0.05) is 17.3 Å². The van der Waals surface area contributed by atoms with E-state index in [-0.39, 0.29) is 76.4 Å². The molecular weight excluding hydrogens is 620 g/mol. The highest BCUT2D eigenvalue weighted by molar-refractivity contribution is 5.92. The highest BCUT2D eigenvalue weighted by Gasteiger charge is 2.21. The molecule has 47 heavy (non-hydrogen) atoms. The van der Waals surface area contributed by atoms with Gasteiger partial charge in [-0.25, -0.2) is 37.0 Å². The summed E-state index contributed by atoms with van der Waals surface area (Å²) in [6, 6.07) is 13.1. The van der Waals surface area contributed by atoms with Crippen molar-refractivity contribution in [2.75, 3.05) is 7.11 Å². The van der Waals surface area contributed by atoms with E-state index >= 15 is 8.78 Å². The number of ether oxygens (including phenoxy) is 2. The van der Waals surface area contributed by atoms with Crippen molar-refractivity contribution in [2.24, 2.45) is 0 Å². The molecule has 6 rings (SSSR count). The molecule has 1 N–H and O–H groups in total. The lowest BCUT2D eigenvalue weighted by atomic mass is 10.0. The van der Waals surface area contributed by atoms with E-state index in [1.54, 1.807) is 25.3 Å². The SMILES string of the molecule is CO[C@H](C)Cn1c(Cc2cc(F)c(-c3cccc(OCc4ccc(-n5ccnn5)cc4F)n3)cc2F)nc2c(F)cc(C(=O)O)cc21. The van der Waals surface area contributed by atoms with Gasteiger partial charge in [0.25, 0.3) is 0 Å². The number of rotatable bonds is 11. The highest BCUT2D eigenvalue weighted by Crippen LogP contribution is 2.29. The van der Waals surface area contributed by atoms with Gasteiger partial charge in [-0.2, -0.15) is 0 Å². The van der Waals surface area contributed by atoms with Gasteiger partial charge < -0.3 is 19.1 Å². The zero-order valence-electron chi connectivity index (χ0n) is 25.0. The van der Waals surface area contributed by atoms with E-state index in [1.807, 2.05) is 0 Å². The number of nitrogens with zero attached hydrogens (tertiary/aromatic N) is 6. The van der Waals surface area contributed by atoms with E-state index in [0.717, 1.165) is 18.2 Å². The molecule has 0 spiro atoms. The molecule has 14 heteroatoms. The highest BCUT2D eigenvalue weighted by atomic mass is 19.1. The number of methoxy groups -OCH3 is 1. The van der Waals surface area contributed by atoms with Crippen LogP contribution in [-0.2, 0) is 24.3 Å². The molecule has 3 heterocycles. The first-order valence-electron chi connectivity index (χ1n) is 14.3. The molecule has 0 amide bonds. The third-order valence-electron chi connectivity index (χ3n) is 7.56. The molecule has 0 bridgehead atoms. The van der Waals surface area contributed by atoms with Crippen LogP contribution >= 0.6 is 0 Å². The maximum absolute atomic E-state index is 15.5. The Morgan fingerprint density at radius 2 is 1.74 bits per heavy atom. The summed E-state index contributed by atoms with van der Waals surface area (Å²) >= 11 is 0. The van der Waals surface area contributed by atoms with Crippen molar-refractivity contribution in [2.45, 2.75) is 32.6 Å². The number of aromatic nitrogens is 6. The molecule has 0 aliphatic carbocycles. The van der Waals surface area contributed by atoms with Crippen molar-refractivity contribution < 1.29 is 36.9 Å². The zero-order valence-corrected chi connectivity index (χ0v) is 25.0. The van der Waals surface area contributed by atoms with Crippen molar-refractivity contribution in [3.05, 3.63) is 119 Å². The molecular formula is C33H26F4N6O4. The average molecular weight is 647 g/mol. The van der Waals surface area contributed by atoms with E-state index < -0.39 is 29.2 Å². The number of carboxylic acids is 1. The van der Waals surface area contributed by atoms with Crippen molar-refractivity contribution in [1.29, 1.82) is 0 Å². The van der Waals surface area contributed by atoms with Gasteiger partial charge in [0, 0.05) is 36.8 Å². The van der Waals surface area contributed by atoms with E-state index in [1.165, 1.54) is 52.9 Å². The number of imidazole rings is 1.